The molecule has 4 heterocycles. The van der Waals surface area contributed by atoms with E-state index in [0.717, 1.165) is 42.3 Å². The van der Waals surface area contributed by atoms with Crippen LogP contribution in [0, 0.1) is 0 Å². The van der Waals surface area contributed by atoms with E-state index in [2.05, 4.69) is 15.2 Å². The summed E-state index contributed by atoms with van der Waals surface area (Å²) in [6, 6.07) is 11.1. The predicted molar refractivity (Wildman–Crippen MR) is 123 cm³/mol. The third-order valence-electron chi connectivity index (χ3n) is 5.82. The number of fused-ring (bicyclic) bond motifs is 1. The lowest BCUT2D eigenvalue weighted by Gasteiger charge is -2.40. The van der Waals surface area contributed by atoms with Gasteiger partial charge in [0.2, 0.25) is 5.95 Å². The number of nitrogens with zero attached hydrogens (tertiary/aromatic N) is 4. The molecule has 0 unspecified atom stereocenters. The van der Waals surface area contributed by atoms with Crippen LogP contribution < -0.4 is 16.0 Å². The van der Waals surface area contributed by atoms with Crippen molar-refractivity contribution in [1.29, 1.82) is 0 Å². The minimum Gasteiger partial charge on any atom is -0.383 e. The summed E-state index contributed by atoms with van der Waals surface area (Å²) in [4.78, 5) is 28.2. The number of nitrogens with one attached hydrogen (secondary N) is 1. The SMILES string of the molecule is CNC(=O)c1cccc(-c2ccc3c(N)nc(N4CCO[C@]5(CCSC5)C4)nc3n2)c1. The molecule has 0 saturated carbocycles. The molecule has 0 radical (unpaired) electrons. The summed E-state index contributed by atoms with van der Waals surface area (Å²) in [6.45, 7) is 2.14. The molecule has 160 valence electrons. The predicted octanol–water partition coefficient (Wildman–Crippen LogP) is 2.35. The van der Waals surface area contributed by atoms with Crippen molar-refractivity contribution >= 4 is 40.5 Å². The van der Waals surface area contributed by atoms with Gasteiger partial charge >= 0.3 is 0 Å². The van der Waals surface area contributed by atoms with Gasteiger partial charge in [0.05, 0.1) is 29.8 Å². The molecular weight excluding hydrogens is 412 g/mol. The van der Waals surface area contributed by atoms with Crippen molar-refractivity contribution in [1.82, 2.24) is 20.3 Å². The second kappa shape index (κ2) is 7.97. The normalized spacial score (nSPS) is 21.0. The monoisotopic (exact) mass is 436 g/mol. The van der Waals surface area contributed by atoms with E-state index >= 15 is 0 Å². The molecule has 9 heteroatoms. The highest BCUT2D eigenvalue weighted by atomic mass is 32.2. The number of amides is 1. The number of thioether (sulfide) groups is 1. The Balaban J connectivity index is 1.51. The van der Waals surface area contributed by atoms with Crippen LogP contribution in [-0.2, 0) is 4.74 Å². The van der Waals surface area contributed by atoms with Crippen LogP contribution in [0.1, 0.15) is 16.8 Å². The number of carbonyl (C=O) groups excluding carboxylic acids is 1. The van der Waals surface area contributed by atoms with E-state index in [1.54, 1.807) is 13.1 Å². The van der Waals surface area contributed by atoms with Crippen LogP contribution in [0.4, 0.5) is 11.8 Å². The Morgan fingerprint density at radius 2 is 2.16 bits per heavy atom. The van der Waals surface area contributed by atoms with Crippen molar-refractivity contribution in [2.24, 2.45) is 0 Å². The van der Waals surface area contributed by atoms with Gasteiger partial charge in [-0.25, -0.2) is 4.98 Å². The van der Waals surface area contributed by atoms with E-state index in [4.69, 9.17) is 20.4 Å². The summed E-state index contributed by atoms with van der Waals surface area (Å²) in [5.74, 6) is 2.99. The number of anilines is 2. The van der Waals surface area contributed by atoms with Gasteiger partial charge in [-0.05, 0) is 36.4 Å². The molecule has 3 aromatic rings. The zero-order valence-corrected chi connectivity index (χ0v) is 18.1. The first-order chi connectivity index (χ1) is 15.1. The van der Waals surface area contributed by atoms with Crippen molar-refractivity contribution in [3.63, 3.8) is 0 Å². The van der Waals surface area contributed by atoms with Gasteiger partial charge in [0.1, 0.15) is 5.82 Å². The molecule has 1 amide bonds. The Hall–Kier alpha value is -2.91. The van der Waals surface area contributed by atoms with Gasteiger partial charge in [0.25, 0.3) is 5.91 Å². The van der Waals surface area contributed by atoms with Gasteiger partial charge in [-0.3, -0.25) is 4.79 Å². The average Bonchev–Trinajstić information content (AvgIpc) is 3.25. The largest absolute Gasteiger partial charge is 0.383 e. The first-order valence-corrected chi connectivity index (χ1v) is 11.5. The number of rotatable bonds is 3. The van der Waals surface area contributed by atoms with Gasteiger partial charge in [0.15, 0.2) is 5.65 Å². The highest BCUT2D eigenvalue weighted by molar-refractivity contribution is 7.99. The van der Waals surface area contributed by atoms with Crippen molar-refractivity contribution in [3.8, 4) is 11.3 Å². The Kier molecular flexibility index (Phi) is 5.15. The molecule has 2 fully saturated rings. The van der Waals surface area contributed by atoms with E-state index in [0.29, 0.717) is 35.0 Å². The molecule has 5 rings (SSSR count). The fourth-order valence-electron chi connectivity index (χ4n) is 4.13. The molecule has 1 aromatic carbocycles. The zero-order valence-electron chi connectivity index (χ0n) is 17.3. The Labute approximate surface area is 184 Å². The van der Waals surface area contributed by atoms with E-state index in [1.165, 1.54) is 0 Å². The van der Waals surface area contributed by atoms with Crippen LogP contribution in [0.2, 0.25) is 0 Å². The summed E-state index contributed by atoms with van der Waals surface area (Å²) in [5, 5.41) is 3.36. The average molecular weight is 437 g/mol. The van der Waals surface area contributed by atoms with E-state index < -0.39 is 0 Å². The summed E-state index contributed by atoms with van der Waals surface area (Å²) in [7, 11) is 1.62. The standard InChI is InChI=1S/C22H24N6O2S/c1-24-20(29)15-4-2-3-14(11-15)17-6-5-16-18(23)26-21(27-19(16)25-17)28-8-9-30-22(12-28)7-10-31-13-22/h2-6,11H,7-10,12-13H2,1H3,(H,24,29)(H2,23,25,26,27)/t22-/m1/s1. The lowest BCUT2D eigenvalue weighted by Crippen LogP contribution is -2.52. The molecule has 2 aliphatic heterocycles. The van der Waals surface area contributed by atoms with Crippen LogP contribution in [0.15, 0.2) is 36.4 Å². The number of pyridine rings is 1. The van der Waals surface area contributed by atoms with Gasteiger partial charge in [0, 0.05) is 30.5 Å². The number of carbonyl (C=O) groups is 1. The highest BCUT2D eigenvalue weighted by Gasteiger charge is 2.40. The molecule has 0 aliphatic carbocycles. The number of nitrogens with two attached hydrogens (primary N) is 1. The number of hydrogen-bond donors (Lipinski definition) is 2. The van der Waals surface area contributed by atoms with Crippen LogP contribution in [0.5, 0.6) is 0 Å². The number of hydrogen-bond acceptors (Lipinski definition) is 8. The maximum absolute atomic E-state index is 12.0. The lowest BCUT2D eigenvalue weighted by molar-refractivity contribution is -0.0360. The number of ether oxygens (including phenoxy) is 1. The maximum atomic E-state index is 12.0. The van der Waals surface area contributed by atoms with Gasteiger partial charge < -0.3 is 20.7 Å². The first-order valence-electron chi connectivity index (χ1n) is 10.3. The van der Waals surface area contributed by atoms with Gasteiger partial charge in [-0.2, -0.15) is 21.7 Å². The minimum absolute atomic E-state index is 0.119. The summed E-state index contributed by atoms with van der Waals surface area (Å²) >= 11 is 1.93. The molecule has 31 heavy (non-hydrogen) atoms. The number of nitrogen functional groups attached to an aromatic ring is 1. The van der Waals surface area contributed by atoms with Crippen molar-refractivity contribution in [2.45, 2.75) is 12.0 Å². The van der Waals surface area contributed by atoms with Crippen molar-refractivity contribution in [3.05, 3.63) is 42.0 Å². The minimum atomic E-state index is -0.136. The summed E-state index contributed by atoms with van der Waals surface area (Å²) < 4.78 is 6.11. The van der Waals surface area contributed by atoms with Gasteiger partial charge in [-0.15, -0.1) is 0 Å². The summed E-state index contributed by atoms with van der Waals surface area (Å²) in [6.07, 6.45) is 1.04. The third-order valence-corrected chi connectivity index (χ3v) is 7.05. The first kappa shape index (κ1) is 20.0. The van der Waals surface area contributed by atoms with E-state index in [9.17, 15) is 4.79 Å². The smallest absolute Gasteiger partial charge is 0.251 e. The Morgan fingerprint density at radius 1 is 1.26 bits per heavy atom. The van der Waals surface area contributed by atoms with Crippen LogP contribution in [0.25, 0.3) is 22.3 Å². The van der Waals surface area contributed by atoms with Crippen LogP contribution >= 0.6 is 11.8 Å². The molecule has 1 spiro atoms. The summed E-state index contributed by atoms with van der Waals surface area (Å²) in [5.41, 5.74) is 8.86. The molecule has 8 nitrogen and oxygen atoms in total. The second-order valence-electron chi connectivity index (χ2n) is 7.89. The second-order valence-corrected chi connectivity index (χ2v) is 9.00. The molecule has 3 N–H and O–H groups in total. The zero-order chi connectivity index (χ0) is 21.4. The number of morpholine rings is 1. The highest BCUT2D eigenvalue weighted by Crippen LogP contribution is 2.35. The fraction of sp³-hybridized carbons (Fsp3) is 0.364. The van der Waals surface area contributed by atoms with Crippen LogP contribution in [-0.4, -0.2) is 64.7 Å². The molecule has 1 atom stereocenters. The molecule has 2 saturated heterocycles. The topological polar surface area (TPSA) is 106 Å². The van der Waals surface area contributed by atoms with Crippen molar-refractivity contribution < 1.29 is 9.53 Å². The van der Waals surface area contributed by atoms with Crippen LogP contribution in [0.3, 0.4) is 0 Å². The van der Waals surface area contributed by atoms with E-state index in [1.807, 2.05) is 42.1 Å². The maximum Gasteiger partial charge on any atom is 0.251 e. The Morgan fingerprint density at radius 3 is 2.97 bits per heavy atom. The third kappa shape index (κ3) is 3.79. The molecule has 2 aromatic heterocycles. The number of aromatic nitrogens is 3. The van der Waals surface area contributed by atoms with Gasteiger partial charge in [-0.1, -0.05) is 12.1 Å². The Bertz CT molecular complexity index is 1150. The molecule has 2 aliphatic rings. The quantitative estimate of drug-likeness (QED) is 0.644. The fourth-order valence-corrected chi connectivity index (χ4v) is 5.48. The molecule has 0 bridgehead atoms. The van der Waals surface area contributed by atoms with E-state index in [-0.39, 0.29) is 11.5 Å². The number of benzene rings is 1. The van der Waals surface area contributed by atoms with Crippen molar-refractivity contribution in [2.75, 3.05) is 48.9 Å². The lowest BCUT2D eigenvalue weighted by atomic mass is 10.0. The molecular formula is C22H24N6O2S.